The molecule has 25 heavy (non-hydrogen) atoms. The minimum Gasteiger partial charge on any atom is -0.398 e. The van der Waals surface area contributed by atoms with Crippen molar-refractivity contribution in [1.82, 2.24) is 14.6 Å². The molecule has 0 unspecified atom stereocenters. The van der Waals surface area contributed by atoms with Crippen molar-refractivity contribution >= 4 is 44.3 Å². The van der Waals surface area contributed by atoms with Crippen LogP contribution in [0, 0.1) is 0 Å². The van der Waals surface area contributed by atoms with Gasteiger partial charge in [0.15, 0.2) is 10.8 Å². The van der Waals surface area contributed by atoms with Crippen molar-refractivity contribution < 1.29 is 27.4 Å². The molecule has 1 aliphatic rings. The molecule has 1 fully saturated rings. The first kappa shape index (κ1) is 19.1. The zero-order chi connectivity index (χ0) is 18.8. The topological polar surface area (TPSA) is 164 Å². The molecule has 1 aromatic rings. The predicted octanol–water partition coefficient (Wildman–Crippen LogP) is -0.626. The van der Waals surface area contributed by atoms with Gasteiger partial charge >= 0.3 is 10.3 Å². The lowest BCUT2D eigenvalue weighted by Crippen LogP contribution is -2.72. The molecule has 0 aliphatic carbocycles. The Hall–Kier alpha value is -2.25. The van der Waals surface area contributed by atoms with Crippen molar-refractivity contribution in [1.29, 1.82) is 0 Å². The van der Waals surface area contributed by atoms with Crippen LogP contribution in [0.15, 0.2) is 10.5 Å². The number of hydrogen-bond donors (Lipinski definition) is 3. The fourth-order valence-electron chi connectivity index (χ4n) is 2.44. The molecular weight excluding hydrogens is 374 g/mol. The van der Waals surface area contributed by atoms with E-state index in [9.17, 15) is 18.0 Å². The summed E-state index contributed by atoms with van der Waals surface area (Å²) in [7, 11) is -3.45. The molecule has 1 aromatic heterocycles. The number of aromatic nitrogens is 1. The van der Waals surface area contributed by atoms with E-state index in [-0.39, 0.29) is 23.0 Å². The Balaban J connectivity index is 2.20. The van der Waals surface area contributed by atoms with Crippen LogP contribution in [0.4, 0.5) is 5.13 Å². The number of anilines is 1. The Labute approximate surface area is 147 Å². The van der Waals surface area contributed by atoms with E-state index in [0.29, 0.717) is 10.7 Å². The summed E-state index contributed by atoms with van der Waals surface area (Å²) in [5, 5.41) is 7.69. The lowest BCUT2D eigenvalue weighted by Gasteiger charge is -2.44. The Morgan fingerprint density at radius 3 is 2.76 bits per heavy atom. The monoisotopic (exact) mass is 391 g/mol. The van der Waals surface area contributed by atoms with Crippen molar-refractivity contribution in [2.24, 2.45) is 5.16 Å². The van der Waals surface area contributed by atoms with Crippen molar-refractivity contribution in [3.63, 3.8) is 0 Å². The van der Waals surface area contributed by atoms with Crippen LogP contribution in [0.2, 0.25) is 0 Å². The van der Waals surface area contributed by atoms with Crippen LogP contribution in [-0.4, -0.2) is 59.0 Å². The van der Waals surface area contributed by atoms with Crippen LogP contribution in [0.3, 0.4) is 0 Å². The Morgan fingerprint density at radius 1 is 1.60 bits per heavy atom. The molecule has 0 aromatic carbocycles. The van der Waals surface area contributed by atoms with Gasteiger partial charge in [0, 0.05) is 5.38 Å². The first-order valence-electron chi connectivity index (χ1n) is 7.14. The Kier molecular flexibility index (Phi) is 5.59. The highest BCUT2D eigenvalue weighted by molar-refractivity contribution is 7.84. The van der Waals surface area contributed by atoms with E-state index >= 15 is 0 Å². The Morgan fingerprint density at radius 2 is 2.28 bits per heavy atom. The number of nitrogen functional groups attached to an aromatic ring is 1. The van der Waals surface area contributed by atoms with Crippen LogP contribution in [-0.2, 0) is 24.7 Å². The van der Waals surface area contributed by atoms with E-state index in [2.05, 4.69) is 20.3 Å². The second-order valence-corrected chi connectivity index (χ2v) is 7.29. The van der Waals surface area contributed by atoms with Gasteiger partial charge in [-0.15, -0.1) is 11.3 Å². The standard InChI is InChI=1S/C12H17N5O6S2/c1-3-4-7-9(11(19)17(7)25(20,21)22)15-10(18)8(16-23-2)6-5-24-12(13)14-6/h5,7,9H,3-4H2,1-2H3,(H2,13,14)(H,15,18)(H,20,21,22)/b16-8-/t7-,9+/m1/s1. The number of nitrogens with two attached hydrogens (primary N) is 1. The molecule has 0 bridgehead atoms. The molecule has 0 saturated carbocycles. The SMILES string of the molecule is CCC[C@@H]1[C@H](NC(=O)/C(=N\OC)c2csc(N)n2)C(=O)N1S(=O)(=O)O. The average molecular weight is 391 g/mol. The van der Waals surface area contributed by atoms with E-state index in [1.54, 1.807) is 6.92 Å². The highest BCUT2D eigenvalue weighted by Crippen LogP contribution is 2.27. The van der Waals surface area contributed by atoms with Gasteiger partial charge in [-0.3, -0.25) is 14.1 Å². The van der Waals surface area contributed by atoms with Crippen molar-refractivity contribution in [3.05, 3.63) is 11.1 Å². The molecule has 2 amide bonds. The minimum atomic E-state index is -4.68. The molecule has 0 spiro atoms. The van der Waals surface area contributed by atoms with Gasteiger partial charge in [0.1, 0.15) is 18.8 Å². The highest BCUT2D eigenvalue weighted by Gasteiger charge is 2.53. The summed E-state index contributed by atoms with van der Waals surface area (Å²) in [5.74, 6) is -1.70. The number of hydrogen-bond acceptors (Lipinski definition) is 9. The normalized spacial score (nSPS) is 21.0. The molecule has 2 atom stereocenters. The number of rotatable bonds is 7. The van der Waals surface area contributed by atoms with Gasteiger partial charge in [-0.2, -0.15) is 8.42 Å². The van der Waals surface area contributed by atoms with Crippen LogP contribution in [0.25, 0.3) is 0 Å². The zero-order valence-corrected chi connectivity index (χ0v) is 15.0. The summed E-state index contributed by atoms with van der Waals surface area (Å²) in [4.78, 5) is 33.0. The molecule has 1 saturated heterocycles. The second-order valence-electron chi connectivity index (χ2n) is 5.11. The number of carbonyl (C=O) groups excluding carboxylic acids is 2. The molecule has 0 radical (unpaired) electrons. The van der Waals surface area contributed by atoms with Crippen LogP contribution < -0.4 is 11.1 Å². The van der Waals surface area contributed by atoms with E-state index in [0.717, 1.165) is 11.3 Å². The van der Waals surface area contributed by atoms with Crippen molar-refractivity contribution in [2.45, 2.75) is 31.8 Å². The molecular formula is C12H17N5O6S2. The maximum atomic E-state index is 12.4. The first-order valence-corrected chi connectivity index (χ1v) is 9.42. The third-order valence-electron chi connectivity index (χ3n) is 3.45. The zero-order valence-electron chi connectivity index (χ0n) is 13.4. The van der Waals surface area contributed by atoms with Gasteiger partial charge in [0.2, 0.25) is 0 Å². The lowest BCUT2D eigenvalue weighted by atomic mass is 9.94. The number of carbonyl (C=O) groups is 2. The minimum absolute atomic E-state index is 0.160. The van der Waals surface area contributed by atoms with Gasteiger partial charge in [0.05, 0.1) is 6.04 Å². The fourth-order valence-corrected chi connectivity index (χ4v) is 3.90. The molecule has 11 nitrogen and oxygen atoms in total. The van der Waals surface area contributed by atoms with Gasteiger partial charge in [-0.25, -0.2) is 9.29 Å². The molecule has 13 heteroatoms. The number of amides is 2. The number of β-lactam (4-membered cyclic amide) rings is 1. The van der Waals surface area contributed by atoms with Gasteiger partial charge in [-0.05, 0) is 6.42 Å². The summed E-state index contributed by atoms with van der Waals surface area (Å²) < 4.78 is 32.1. The number of oxime groups is 1. The van der Waals surface area contributed by atoms with Gasteiger partial charge < -0.3 is 15.9 Å². The van der Waals surface area contributed by atoms with Crippen molar-refractivity contribution in [3.8, 4) is 0 Å². The third-order valence-corrected chi connectivity index (χ3v) is 5.07. The highest BCUT2D eigenvalue weighted by atomic mass is 32.2. The third kappa shape index (κ3) is 3.88. The Bertz CT molecular complexity index is 805. The second kappa shape index (κ2) is 7.33. The molecule has 2 rings (SSSR count). The van der Waals surface area contributed by atoms with E-state index < -0.39 is 34.2 Å². The number of nitrogens with zero attached hydrogens (tertiary/aromatic N) is 3. The maximum Gasteiger partial charge on any atom is 0.362 e. The summed E-state index contributed by atoms with van der Waals surface area (Å²) in [6.07, 6.45) is 0.814. The molecule has 1 aliphatic heterocycles. The lowest BCUT2D eigenvalue weighted by molar-refractivity contribution is -0.145. The van der Waals surface area contributed by atoms with E-state index in [1.165, 1.54) is 12.5 Å². The molecule has 4 N–H and O–H groups in total. The summed E-state index contributed by atoms with van der Waals surface area (Å²) >= 11 is 1.09. The van der Waals surface area contributed by atoms with Crippen molar-refractivity contribution in [2.75, 3.05) is 12.8 Å². The first-order chi connectivity index (χ1) is 11.7. The van der Waals surface area contributed by atoms with E-state index in [4.69, 9.17) is 10.3 Å². The number of thiazole rings is 1. The van der Waals surface area contributed by atoms with Crippen LogP contribution in [0.5, 0.6) is 0 Å². The van der Waals surface area contributed by atoms with Crippen LogP contribution in [0.1, 0.15) is 25.5 Å². The summed E-state index contributed by atoms with van der Waals surface area (Å²) in [6, 6.07) is -1.98. The fraction of sp³-hybridized carbons (Fsp3) is 0.500. The maximum absolute atomic E-state index is 12.4. The largest absolute Gasteiger partial charge is 0.398 e. The van der Waals surface area contributed by atoms with Crippen LogP contribution >= 0.6 is 11.3 Å². The average Bonchev–Trinajstić information content (AvgIpc) is 2.94. The van der Waals surface area contributed by atoms with Gasteiger partial charge in [0.25, 0.3) is 11.8 Å². The molecule has 2 heterocycles. The van der Waals surface area contributed by atoms with Gasteiger partial charge in [-0.1, -0.05) is 18.5 Å². The number of nitrogens with one attached hydrogen (secondary N) is 1. The smallest absolute Gasteiger partial charge is 0.362 e. The van der Waals surface area contributed by atoms with E-state index in [1.807, 2.05) is 0 Å². The molecule has 138 valence electrons. The summed E-state index contributed by atoms with van der Waals surface area (Å²) in [5.41, 5.74) is 5.48. The predicted molar refractivity (Wildman–Crippen MR) is 89.1 cm³/mol. The summed E-state index contributed by atoms with van der Waals surface area (Å²) in [6.45, 7) is 1.78. The quantitative estimate of drug-likeness (QED) is 0.239.